The molecule has 4 heterocycles. The lowest BCUT2D eigenvalue weighted by Gasteiger charge is -2.25. The number of nitrogens with one attached hydrogen (secondary N) is 3. The molecule has 2 fully saturated rings. The summed E-state index contributed by atoms with van der Waals surface area (Å²) in [5.41, 5.74) is 11.7. The summed E-state index contributed by atoms with van der Waals surface area (Å²) in [6.07, 6.45) is 20.4. The van der Waals surface area contributed by atoms with Gasteiger partial charge in [0.1, 0.15) is 24.2 Å². The maximum atomic E-state index is 12.2. The van der Waals surface area contributed by atoms with Gasteiger partial charge in [0.05, 0.1) is 103 Å². The Morgan fingerprint density at radius 2 is 1.48 bits per heavy atom. The quantitative estimate of drug-likeness (QED) is 0.0141. The summed E-state index contributed by atoms with van der Waals surface area (Å²) in [7, 11) is 1.00. The Hall–Kier alpha value is -5.10. The standard InChI is InChI=1S/C47H73N9O6.C15H28N2O3.CH4O.CH4/c1-36-40-14-16-43(48)45(17-15-41(36)40)56(49)23-25-59-27-29-61-31-33-62-32-30-60-28-26-58-24-22-55(20-6-2-3-9-38-13-12-37-8-7-19-50-46(37)53-38)21-18-39(34-57)54-47-42-10-4-5-11-44(42)51-35-52-47;1-13(2)20-11-14-7-6-10-17(14)15(19)8-4-3-5-9-16-12-18;1-2;/h4-5,10-13,34-36,39-41H,2-3,6-9,14-33,48-49H2,1H3,(H,50,53)(H,51,52,54);12-14H,3-11H2,1-2H3,(H,16,18);2H,1H3;1H4/b45-43-;;;/t36-,39?,40?,41?;;;/m1.../s1. The maximum Gasteiger partial charge on any atom is 0.222 e. The van der Waals surface area contributed by atoms with Crippen molar-refractivity contribution < 1.29 is 47.9 Å². The smallest absolute Gasteiger partial charge is 0.222 e. The van der Waals surface area contributed by atoms with Gasteiger partial charge < -0.3 is 74.8 Å². The molecule has 4 unspecified atom stereocenters. The summed E-state index contributed by atoms with van der Waals surface area (Å²) in [6.45, 7) is 17.8. The molecule has 1 saturated heterocycles. The van der Waals surface area contributed by atoms with E-state index >= 15 is 0 Å². The van der Waals surface area contributed by atoms with Crippen LogP contribution in [0.1, 0.15) is 136 Å². The van der Waals surface area contributed by atoms with Gasteiger partial charge in [-0.3, -0.25) is 9.59 Å². The number of para-hydroxylation sites is 1. The molecular formula is C64H109N11O10. The number of nitrogens with two attached hydrogens (primary N) is 2. The maximum absolute atomic E-state index is 12.2. The predicted molar refractivity (Wildman–Crippen MR) is 337 cm³/mol. The highest BCUT2D eigenvalue weighted by atomic mass is 16.6. The largest absolute Gasteiger partial charge is 0.401 e. The first-order valence-corrected chi connectivity index (χ1v) is 31.4. The number of aliphatic hydroxyl groups excluding tert-OH is 1. The van der Waals surface area contributed by atoms with Gasteiger partial charge in [-0.1, -0.05) is 45.4 Å². The first-order valence-electron chi connectivity index (χ1n) is 31.4. The number of benzene rings is 1. The van der Waals surface area contributed by atoms with Crippen LogP contribution in [0.5, 0.6) is 0 Å². The highest BCUT2D eigenvalue weighted by molar-refractivity contribution is 5.89. The minimum atomic E-state index is -0.371. The molecule has 8 N–H and O–H groups in total. The number of unbranched alkanes of at least 4 members (excludes halogenated alkanes) is 4. The summed E-state index contributed by atoms with van der Waals surface area (Å²) in [5, 5.41) is 19.1. The number of pyridine rings is 1. The molecule has 480 valence electrons. The van der Waals surface area contributed by atoms with E-state index in [0.717, 1.165) is 175 Å². The summed E-state index contributed by atoms with van der Waals surface area (Å²) in [5.74, 6) is 10.9. The molecule has 1 saturated carbocycles. The van der Waals surface area contributed by atoms with Crippen molar-refractivity contribution in [3.8, 4) is 0 Å². The Morgan fingerprint density at radius 1 is 0.800 bits per heavy atom. The molecule has 21 heteroatoms. The van der Waals surface area contributed by atoms with Crippen LogP contribution in [0.4, 0.5) is 11.6 Å². The zero-order chi connectivity index (χ0) is 60.0. The highest BCUT2D eigenvalue weighted by Gasteiger charge is 2.46. The first-order chi connectivity index (χ1) is 41.1. The van der Waals surface area contributed by atoms with Gasteiger partial charge in [0, 0.05) is 68.7 Å². The fraction of sp³-hybridized carbons (Fsp3) is 0.719. The van der Waals surface area contributed by atoms with Crippen LogP contribution < -0.4 is 27.5 Å². The molecule has 0 radical (unpaired) electrons. The van der Waals surface area contributed by atoms with Crippen molar-refractivity contribution in [3.63, 3.8) is 0 Å². The fourth-order valence-corrected chi connectivity index (χ4v) is 11.3. The van der Waals surface area contributed by atoms with Crippen LogP contribution in [-0.4, -0.2) is 197 Å². The number of carbonyl (C=O) groups excluding carboxylic acids is 3. The molecule has 2 aliphatic carbocycles. The number of aliphatic hydroxyl groups is 1. The molecule has 2 aliphatic heterocycles. The van der Waals surface area contributed by atoms with E-state index in [9.17, 15) is 14.4 Å². The van der Waals surface area contributed by atoms with Crippen LogP contribution in [0.2, 0.25) is 0 Å². The number of anilines is 2. The van der Waals surface area contributed by atoms with Crippen molar-refractivity contribution in [2.75, 3.05) is 136 Å². The van der Waals surface area contributed by atoms with E-state index in [-0.39, 0.29) is 31.5 Å². The SMILES string of the molecule is C.CC(C)OCC1CCCN1C(=O)CCCCCNC=O.CO.C[C@@H]1C2CC/C(N)=C(/N(N)CCOCCOCCOCCOCCOCCN(CCCCCc3ccc4c(n3)NCCC4)CCC(C=O)Nc3ncnc4ccccc34)CCC21. The number of rotatable bonds is 41. The van der Waals surface area contributed by atoms with Crippen molar-refractivity contribution in [2.24, 2.45) is 29.3 Å². The summed E-state index contributed by atoms with van der Waals surface area (Å²) in [6, 6.07) is 12.1. The third-order valence-corrected chi connectivity index (χ3v) is 16.2. The van der Waals surface area contributed by atoms with Gasteiger partial charge in [0.25, 0.3) is 0 Å². The summed E-state index contributed by atoms with van der Waals surface area (Å²) in [4.78, 5) is 52.5. The van der Waals surface area contributed by atoms with Crippen LogP contribution in [0.15, 0.2) is 54.1 Å². The molecule has 0 spiro atoms. The molecule has 7 rings (SSSR count). The number of carbonyl (C=O) groups is 3. The molecule has 1 aromatic carbocycles. The molecule has 85 heavy (non-hydrogen) atoms. The molecule has 5 atom stereocenters. The van der Waals surface area contributed by atoms with Crippen molar-refractivity contribution in [3.05, 3.63) is 65.4 Å². The fourth-order valence-electron chi connectivity index (χ4n) is 11.3. The Balaban J connectivity index is 0.000000569. The second kappa shape index (κ2) is 43.5. The lowest BCUT2D eigenvalue weighted by molar-refractivity contribution is -0.133. The number of aryl methyl sites for hydroxylation is 2. The van der Waals surface area contributed by atoms with Crippen molar-refractivity contribution in [2.45, 2.75) is 156 Å². The van der Waals surface area contributed by atoms with E-state index in [1.807, 2.05) is 43.0 Å². The lowest BCUT2D eigenvalue weighted by atomic mass is 10.0. The number of nitrogens with zero attached hydrogens (tertiary/aromatic N) is 6. The van der Waals surface area contributed by atoms with E-state index in [4.69, 9.17) is 50.1 Å². The van der Waals surface area contributed by atoms with Crippen molar-refractivity contribution in [1.82, 2.24) is 35.1 Å². The number of hydrazine groups is 1. The van der Waals surface area contributed by atoms with Gasteiger partial charge in [-0.25, -0.2) is 20.8 Å². The summed E-state index contributed by atoms with van der Waals surface area (Å²) >= 11 is 0. The zero-order valence-corrected chi connectivity index (χ0v) is 51.4. The molecular weight excluding hydrogens is 1080 g/mol. The van der Waals surface area contributed by atoms with Crippen LogP contribution in [-0.2, 0) is 55.6 Å². The van der Waals surface area contributed by atoms with Gasteiger partial charge in [-0.15, -0.1) is 0 Å². The number of ether oxygens (including phenoxy) is 6. The van der Waals surface area contributed by atoms with E-state index < -0.39 is 0 Å². The van der Waals surface area contributed by atoms with Crippen LogP contribution in [0.3, 0.4) is 0 Å². The number of aromatic nitrogens is 3. The molecule has 0 bridgehead atoms. The third-order valence-electron chi connectivity index (χ3n) is 16.2. The van der Waals surface area contributed by atoms with Crippen LogP contribution >= 0.6 is 0 Å². The third kappa shape index (κ3) is 27.7. The number of hydrogen-bond donors (Lipinski definition) is 6. The first kappa shape index (κ1) is 72.4. The van der Waals surface area contributed by atoms with Crippen LogP contribution in [0.25, 0.3) is 10.9 Å². The minimum Gasteiger partial charge on any atom is -0.401 e. The normalized spacial score (nSPS) is 19.2. The number of amides is 2. The van der Waals surface area contributed by atoms with Gasteiger partial charge >= 0.3 is 0 Å². The van der Waals surface area contributed by atoms with Crippen LogP contribution in [0, 0.1) is 17.8 Å². The van der Waals surface area contributed by atoms with E-state index in [0.29, 0.717) is 111 Å². The summed E-state index contributed by atoms with van der Waals surface area (Å²) < 4.78 is 34.4. The van der Waals surface area contributed by atoms with Gasteiger partial charge in [0.2, 0.25) is 12.3 Å². The number of fused-ring (bicyclic) bond motifs is 3. The van der Waals surface area contributed by atoms with E-state index in [1.54, 1.807) is 5.01 Å². The monoisotopic (exact) mass is 1190 g/mol. The average molecular weight is 1190 g/mol. The lowest BCUT2D eigenvalue weighted by Crippen LogP contribution is -2.38. The molecule has 3 aromatic rings. The molecule has 4 aliphatic rings. The number of hydrogen-bond acceptors (Lipinski definition) is 19. The Kier molecular flexibility index (Phi) is 37.0. The predicted octanol–water partition coefficient (Wildman–Crippen LogP) is 7.31. The van der Waals surface area contributed by atoms with Gasteiger partial charge in [-0.05, 0) is 152 Å². The second-order valence-corrected chi connectivity index (χ2v) is 22.5. The minimum absolute atomic E-state index is 0. The average Bonchev–Trinajstić information content (AvgIpc) is 3.10. The topological polar surface area (TPSA) is 263 Å². The van der Waals surface area contributed by atoms with Crippen molar-refractivity contribution >= 4 is 41.1 Å². The Labute approximate surface area is 508 Å². The number of aldehydes is 1. The molecule has 2 amide bonds. The van der Waals surface area contributed by atoms with E-state index in [1.165, 1.54) is 31.2 Å². The molecule has 2 aromatic heterocycles. The number of likely N-dealkylation sites (tertiary alicyclic amines) is 1. The van der Waals surface area contributed by atoms with Gasteiger partial charge in [-0.2, -0.15) is 0 Å². The highest BCUT2D eigenvalue weighted by Crippen LogP contribution is 2.53. The van der Waals surface area contributed by atoms with E-state index in [2.05, 4.69) is 49.9 Å². The van der Waals surface area contributed by atoms with Gasteiger partial charge in [0.15, 0.2) is 0 Å². The number of allylic oxidation sites excluding steroid dienone is 2. The Bertz CT molecular complexity index is 2310. The van der Waals surface area contributed by atoms with Crippen molar-refractivity contribution in [1.29, 1.82) is 0 Å². The molecule has 21 nitrogen and oxygen atoms in total. The second-order valence-electron chi connectivity index (χ2n) is 22.5. The Morgan fingerprint density at radius 3 is 2.19 bits per heavy atom. The zero-order valence-electron chi connectivity index (χ0n) is 51.4.